The number of rotatable bonds is 12. The van der Waals surface area contributed by atoms with Crippen LogP contribution < -0.4 is 0 Å². The lowest BCUT2D eigenvalue weighted by Crippen LogP contribution is -2.38. The van der Waals surface area contributed by atoms with E-state index >= 15 is 0 Å². The zero-order valence-corrected chi connectivity index (χ0v) is 22.8. The van der Waals surface area contributed by atoms with Gasteiger partial charge >= 0.3 is 6.09 Å². The second-order valence-corrected chi connectivity index (χ2v) is 10.7. The molecule has 0 radical (unpaired) electrons. The molecule has 0 saturated carbocycles. The van der Waals surface area contributed by atoms with Gasteiger partial charge in [0.05, 0.1) is 34.3 Å². The van der Waals surface area contributed by atoms with Gasteiger partial charge in [-0.05, 0) is 49.7 Å². The molecule has 2 aromatic carbocycles. The standard InChI is InChI=1S/C29H38N4O7/c34-29(40-21-26-9-2-4-11-28(26)33(37)38)31-18-14-24(15-19-31)7-5-6-23-12-16-30(17-13-23)22-39-20-25-8-1-3-10-27(25)32(35)36/h1-4,8-11,23-24H,5-7,12-22H2. The van der Waals surface area contributed by atoms with Crippen molar-refractivity contribution in [3.8, 4) is 0 Å². The topological polar surface area (TPSA) is 128 Å². The van der Waals surface area contributed by atoms with E-state index < -0.39 is 11.0 Å². The van der Waals surface area contributed by atoms with Crippen LogP contribution in [0, 0.1) is 32.1 Å². The smallest absolute Gasteiger partial charge is 0.410 e. The minimum absolute atomic E-state index is 0.0376. The van der Waals surface area contributed by atoms with Crippen molar-refractivity contribution < 1.29 is 24.1 Å². The number of carbonyl (C=O) groups is 1. The Morgan fingerprint density at radius 3 is 1.82 bits per heavy atom. The predicted octanol–water partition coefficient (Wildman–Crippen LogP) is 5.91. The van der Waals surface area contributed by atoms with E-state index in [0.717, 1.165) is 45.2 Å². The Kier molecular flexibility index (Phi) is 10.8. The quantitative estimate of drug-likeness (QED) is 0.234. The van der Waals surface area contributed by atoms with Crippen LogP contribution >= 0.6 is 0 Å². The average Bonchev–Trinajstić information content (AvgIpc) is 2.97. The maximum atomic E-state index is 12.5. The molecule has 0 spiro atoms. The maximum absolute atomic E-state index is 12.5. The lowest BCUT2D eigenvalue weighted by molar-refractivity contribution is -0.386. The number of benzene rings is 2. The normalized spacial score (nSPS) is 17.1. The molecule has 40 heavy (non-hydrogen) atoms. The molecule has 216 valence electrons. The first-order valence-corrected chi connectivity index (χ1v) is 14.1. The number of nitro benzene ring substituents is 2. The Morgan fingerprint density at radius 2 is 1.27 bits per heavy atom. The summed E-state index contributed by atoms with van der Waals surface area (Å²) in [6.45, 7) is 3.90. The molecule has 0 bridgehead atoms. The monoisotopic (exact) mass is 554 g/mol. The van der Waals surface area contributed by atoms with Gasteiger partial charge in [0.25, 0.3) is 11.4 Å². The molecule has 2 aromatic rings. The van der Waals surface area contributed by atoms with E-state index in [1.807, 2.05) is 0 Å². The number of para-hydroxylation sites is 2. The van der Waals surface area contributed by atoms with E-state index in [9.17, 15) is 25.0 Å². The first kappa shape index (κ1) is 29.4. The van der Waals surface area contributed by atoms with E-state index in [4.69, 9.17) is 9.47 Å². The van der Waals surface area contributed by atoms with Crippen LogP contribution in [0.4, 0.5) is 16.2 Å². The largest absolute Gasteiger partial charge is 0.444 e. The molecule has 1 amide bonds. The lowest BCUT2D eigenvalue weighted by atomic mass is 9.87. The number of nitrogens with zero attached hydrogens (tertiary/aromatic N) is 4. The van der Waals surface area contributed by atoms with Gasteiger partial charge in [-0.15, -0.1) is 0 Å². The first-order chi connectivity index (χ1) is 19.4. The molecule has 4 rings (SSSR count). The molecule has 11 nitrogen and oxygen atoms in total. The Hall–Kier alpha value is -3.57. The number of ether oxygens (including phenoxy) is 2. The number of hydrogen-bond donors (Lipinski definition) is 0. The molecule has 0 aromatic heterocycles. The van der Waals surface area contributed by atoms with Crippen molar-refractivity contribution in [3.63, 3.8) is 0 Å². The van der Waals surface area contributed by atoms with E-state index in [2.05, 4.69) is 4.90 Å². The second kappa shape index (κ2) is 14.7. The van der Waals surface area contributed by atoms with Crippen LogP contribution in [0.15, 0.2) is 48.5 Å². The molecule has 2 saturated heterocycles. The molecule has 0 N–H and O–H groups in total. The van der Waals surface area contributed by atoms with Crippen LogP contribution in [-0.4, -0.2) is 58.6 Å². The minimum atomic E-state index is -0.461. The Bertz CT molecular complexity index is 1140. The minimum Gasteiger partial charge on any atom is -0.444 e. The van der Waals surface area contributed by atoms with Crippen LogP contribution in [-0.2, 0) is 22.7 Å². The summed E-state index contributed by atoms with van der Waals surface area (Å²) >= 11 is 0. The summed E-state index contributed by atoms with van der Waals surface area (Å²) in [5.41, 5.74) is 1.06. The van der Waals surface area contributed by atoms with Crippen molar-refractivity contribution in [2.75, 3.05) is 32.9 Å². The fourth-order valence-electron chi connectivity index (χ4n) is 5.64. The molecule has 2 aliphatic rings. The molecule has 11 heteroatoms. The van der Waals surface area contributed by atoms with Crippen molar-refractivity contribution in [2.24, 2.45) is 11.8 Å². The van der Waals surface area contributed by atoms with Crippen LogP contribution in [0.25, 0.3) is 0 Å². The molecule has 0 atom stereocenters. The summed E-state index contributed by atoms with van der Waals surface area (Å²) in [5, 5.41) is 22.3. The summed E-state index contributed by atoms with van der Waals surface area (Å²) in [6, 6.07) is 13.0. The fourth-order valence-corrected chi connectivity index (χ4v) is 5.64. The number of nitro groups is 2. The van der Waals surface area contributed by atoms with Gasteiger partial charge in [-0.1, -0.05) is 43.5 Å². The van der Waals surface area contributed by atoms with Gasteiger partial charge in [-0.2, -0.15) is 0 Å². The average molecular weight is 555 g/mol. The zero-order chi connectivity index (χ0) is 28.3. The van der Waals surface area contributed by atoms with Crippen molar-refractivity contribution >= 4 is 17.5 Å². The number of amides is 1. The Balaban J connectivity index is 1.06. The molecule has 2 fully saturated rings. The number of carbonyl (C=O) groups excluding carboxylic acids is 1. The van der Waals surface area contributed by atoms with Crippen LogP contribution in [0.5, 0.6) is 0 Å². The van der Waals surface area contributed by atoms with Gasteiger partial charge in [0, 0.05) is 38.3 Å². The predicted molar refractivity (Wildman–Crippen MR) is 148 cm³/mol. The Morgan fingerprint density at radius 1 is 0.775 bits per heavy atom. The highest BCUT2D eigenvalue weighted by atomic mass is 16.6. The first-order valence-electron chi connectivity index (χ1n) is 14.1. The van der Waals surface area contributed by atoms with Crippen LogP contribution in [0.2, 0.25) is 0 Å². The van der Waals surface area contributed by atoms with Gasteiger partial charge in [-0.3, -0.25) is 25.1 Å². The van der Waals surface area contributed by atoms with Crippen molar-refractivity contribution in [2.45, 2.75) is 58.2 Å². The maximum Gasteiger partial charge on any atom is 0.410 e. The third-order valence-corrected chi connectivity index (χ3v) is 8.06. The van der Waals surface area contributed by atoms with Crippen LogP contribution in [0.3, 0.4) is 0 Å². The highest BCUT2D eigenvalue weighted by Gasteiger charge is 2.25. The SMILES string of the molecule is O=C(OCc1ccccc1[N+](=O)[O-])N1CCC(CCCC2CCN(COCc3ccccc3[N+](=O)[O-])CC2)CC1. The molecule has 2 aliphatic heterocycles. The molecule has 2 heterocycles. The summed E-state index contributed by atoms with van der Waals surface area (Å²) in [7, 11) is 0. The van der Waals surface area contributed by atoms with Gasteiger partial charge in [0.2, 0.25) is 0 Å². The van der Waals surface area contributed by atoms with E-state index in [-0.39, 0.29) is 29.5 Å². The number of piperidine rings is 2. The van der Waals surface area contributed by atoms with Gasteiger partial charge in [0.1, 0.15) is 6.61 Å². The summed E-state index contributed by atoms with van der Waals surface area (Å²) in [5.74, 6) is 1.32. The summed E-state index contributed by atoms with van der Waals surface area (Å²) in [4.78, 5) is 37.9. The summed E-state index contributed by atoms with van der Waals surface area (Å²) < 4.78 is 11.1. The van der Waals surface area contributed by atoms with Crippen molar-refractivity contribution in [1.29, 1.82) is 0 Å². The number of hydrogen-bond acceptors (Lipinski definition) is 8. The Labute approximate surface area is 234 Å². The highest BCUT2D eigenvalue weighted by Crippen LogP contribution is 2.28. The molecule has 0 aliphatic carbocycles. The van der Waals surface area contributed by atoms with E-state index in [1.165, 1.54) is 25.0 Å². The molecular weight excluding hydrogens is 516 g/mol. The molecule has 0 unspecified atom stereocenters. The fraction of sp³-hybridized carbons (Fsp3) is 0.552. The van der Waals surface area contributed by atoms with Gasteiger partial charge in [-0.25, -0.2) is 4.79 Å². The number of likely N-dealkylation sites (tertiary alicyclic amines) is 2. The van der Waals surface area contributed by atoms with E-state index in [0.29, 0.717) is 42.8 Å². The third kappa shape index (κ3) is 8.46. The zero-order valence-electron chi connectivity index (χ0n) is 22.8. The lowest BCUT2D eigenvalue weighted by Gasteiger charge is -2.33. The summed E-state index contributed by atoms with van der Waals surface area (Å²) in [6.07, 6.45) is 7.34. The third-order valence-electron chi connectivity index (χ3n) is 8.06. The highest BCUT2D eigenvalue weighted by molar-refractivity contribution is 5.67. The van der Waals surface area contributed by atoms with Crippen molar-refractivity contribution in [3.05, 3.63) is 79.9 Å². The van der Waals surface area contributed by atoms with Gasteiger partial charge < -0.3 is 14.4 Å². The van der Waals surface area contributed by atoms with Crippen molar-refractivity contribution in [1.82, 2.24) is 9.80 Å². The molecular formula is C29H38N4O7. The second-order valence-electron chi connectivity index (χ2n) is 10.7. The van der Waals surface area contributed by atoms with Gasteiger partial charge in [0.15, 0.2) is 0 Å². The van der Waals surface area contributed by atoms with E-state index in [1.54, 1.807) is 41.3 Å². The van der Waals surface area contributed by atoms with Crippen LogP contribution in [0.1, 0.15) is 56.1 Å².